The second-order valence-electron chi connectivity index (χ2n) is 5.85. The van der Waals surface area contributed by atoms with Gasteiger partial charge in [0, 0.05) is 11.1 Å². The van der Waals surface area contributed by atoms with Gasteiger partial charge in [-0.05, 0) is 50.3 Å². The molecule has 3 aromatic rings. The van der Waals surface area contributed by atoms with Crippen LogP contribution in [0.1, 0.15) is 19.4 Å². The fraction of sp³-hybridized carbons (Fsp3) is 0.211. The summed E-state index contributed by atoms with van der Waals surface area (Å²) in [4.78, 5) is 0. The number of nitrogens with zero attached hydrogens (tertiary/aromatic N) is 3. The zero-order chi connectivity index (χ0) is 18.5. The molecule has 1 aromatic heterocycles. The van der Waals surface area contributed by atoms with E-state index in [0.717, 1.165) is 22.6 Å². The highest BCUT2D eigenvalue weighted by atomic mass is 32.1. The van der Waals surface area contributed by atoms with Gasteiger partial charge in [0.25, 0.3) is 0 Å². The predicted molar refractivity (Wildman–Crippen MR) is 105 cm³/mol. The monoisotopic (exact) mass is 368 g/mol. The van der Waals surface area contributed by atoms with Crippen molar-refractivity contribution in [2.24, 2.45) is 5.10 Å². The third kappa shape index (κ3) is 4.00. The Morgan fingerprint density at radius 3 is 2.77 bits per heavy atom. The molecule has 0 atom stereocenters. The highest BCUT2D eigenvalue weighted by molar-refractivity contribution is 7.71. The lowest BCUT2D eigenvalue weighted by molar-refractivity contribution is 0.242. The summed E-state index contributed by atoms with van der Waals surface area (Å²) in [7, 11) is 1.63. The highest BCUT2D eigenvalue weighted by Gasteiger charge is 2.10. The summed E-state index contributed by atoms with van der Waals surface area (Å²) in [5.74, 6) is 2.11. The molecule has 0 spiro atoms. The van der Waals surface area contributed by atoms with Crippen LogP contribution >= 0.6 is 12.2 Å². The van der Waals surface area contributed by atoms with E-state index in [9.17, 15) is 0 Å². The minimum atomic E-state index is 0.0923. The summed E-state index contributed by atoms with van der Waals surface area (Å²) in [5.41, 5.74) is 1.70. The molecule has 0 amide bonds. The average Bonchev–Trinajstić information content (AvgIpc) is 3.00. The molecule has 0 saturated carbocycles. The maximum Gasteiger partial charge on any atom is 0.216 e. The molecule has 0 saturated heterocycles. The minimum Gasteiger partial charge on any atom is -0.496 e. The van der Waals surface area contributed by atoms with E-state index in [1.807, 2.05) is 62.4 Å². The molecule has 7 heteroatoms. The zero-order valence-electron chi connectivity index (χ0n) is 14.8. The highest BCUT2D eigenvalue weighted by Crippen LogP contribution is 2.23. The summed E-state index contributed by atoms with van der Waals surface area (Å²) in [6.45, 7) is 3.97. The summed E-state index contributed by atoms with van der Waals surface area (Å²) in [6, 6.07) is 15.3. The molecule has 26 heavy (non-hydrogen) atoms. The van der Waals surface area contributed by atoms with Gasteiger partial charge in [-0.15, -0.1) is 0 Å². The number of H-pyrrole nitrogens is 1. The largest absolute Gasteiger partial charge is 0.496 e. The van der Waals surface area contributed by atoms with Crippen LogP contribution in [-0.2, 0) is 0 Å². The van der Waals surface area contributed by atoms with Crippen LogP contribution in [0.25, 0.3) is 11.4 Å². The van der Waals surface area contributed by atoms with Crippen molar-refractivity contribution in [2.45, 2.75) is 20.0 Å². The Hall–Kier alpha value is -2.93. The Morgan fingerprint density at radius 1 is 1.19 bits per heavy atom. The van der Waals surface area contributed by atoms with E-state index in [2.05, 4.69) is 15.3 Å². The molecule has 0 aliphatic heterocycles. The van der Waals surface area contributed by atoms with Crippen molar-refractivity contribution in [1.29, 1.82) is 0 Å². The number of nitrogens with one attached hydrogen (secondary N) is 1. The van der Waals surface area contributed by atoms with Crippen LogP contribution in [0.5, 0.6) is 11.5 Å². The lowest BCUT2D eigenvalue weighted by Gasteiger charge is -2.10. The smallest absolute Gasteiger partial charge is 0.216 e. The number of para-hydroxylation sites is 1. The van der Waals surface area contributed by atoms with Crippen molar-refractivity contribution in [3.8, 4) is 22.9 Å². The van der Waals surface area contributed by atoms with Crippen LogP contribution in [0.3, 0.4) is 0 Å². The minimum absolute atomic E-state index is 0.0923. The number of methoxy groups -OCH3 is 1. The number of benzene rings is 2. The van der Waals surface area contributed by atoms with Gasteiger partial charge in [0.2, 0.25) is 4.77 Å². The van der Waals surface area contributed by atoms with Crippen LogP contribution in [0.4, 0.5) is 0 Å². The Bertz CT molecular complexity index is 975. The van der Waals surface area contributed by atoms with Crippen LogP contribution in [0.15, 0.2) is 53.6 Å². The predicted octanol–water partition coefficient (Wildman–Crippen LogP) is 4.29. The van der Waals surface area contributed by atoms with Gasteiger partial charge in [0.1, 0.15) is 11.5 Å². The van der Waals surface area contributed by atoms with E-state index < -0.39 is 0 Å². The van der Waals surface area contributed by atoms with Gasteiger partial charge in [0.05, 0.1) is 19.4 Å². The number of aromatic amines is 1. The molecule has 1 heterocycles. The normalized spacial score (nSPS) is 11.2. The fourth-order valence-corrected chi connectivity index (χ4v) is 2.64. The lowest BCUT2D eigenvalue weighted by Crippen LogP contribution is -2.05. The van der Waals surface area contributed by atoms with Crippen molar-refractivity contribution in [3.63, 3.8) is 0 Å². The molecule has 0 unspecified atom stereocenters. The molecule has 134 valence electrons. The summed E-state index contributed by atoms with van der Waals surface area (Å²) < 4.78 is 13.1. The molecule has 6 nitrogen and oxygen atoms in total. The fourth-order valence-electron chi connectivity index (χ4n) is 2.46. The first-order valence-corrected chi connectivity index (χ1v) is 8.61. The third-order valence-corrected chi connectivity index (χ3v) is 3.83. The second-order valence-corrected chi connectivity index (χ2v) is 6.23. The van der Waals surface area contributed by atoms with Gasteiger partial charge < -0.3 is 9.47 Å². The van der Waals surface area contributed by atoms with Crippen molar-refractivity contribution < 1.29 is 9.47 Å². The first kappa shape index (κ1) is 17.9. The Kier molecular flexibility index (Phi) is 5.48. The molecule has 3 rings (SSSR count). The topological polar surface area (TPSA) is 64.4 Å². The van der Waals surface area contributed by atoms with Gasteiger partial charge in [-0.1, -0.05) is 24.3 Å². The van der Waals surface area contributed by atoms with E-state index in [-0.39, 0.29) is 6.10 Å². The first-order valence-electron chi connectivity index (χ1n) is 8.20. The van der Waals surface area contributed by atoms with Crippen LogP contribution in [0.2, 0.25) is 0 Å². The average molecular weight is 368 g/mol. The van der Waals surface area contributed by atoms with E-state index in [1.54, 1.807) is 18.0 Å². The SMILES string of the molecule is COc1ccccc1/C=N\n1c(-c2cccc(OC(C)C)c2)n[nH]c1=S. The molecular formula is C19H20N4O2S. The number of hydrogen-bond acceptors (Lipinski definition) is 5. The zero-order valence-corrected chi connectivity index (χ0v) is 15.7. The summed E-state index contributed by atoms with van der Waals surface area (Å²) in [6.07, 6.45) is 1.79. The van der Waals surface area contributed by atoms with Crippen molar-refractivity contribution >= 4 is 18.4 Å². The molecular weight excluding hydrogens is 348 g/mol. The summed E-state index contributed by atoms with van der Waals surface area (Å²) in [5, 5.41) is 11.6. The van der Waals surface area contributed by atoms with Crippen molar-refractivity contribution in [3.05, 3.63) is 58.9 Å². The molecule has 2 aromatic carbocycles. The van der Waals surface area contributed by atoms with E-state index in [4.69, 9.17) is 21.7 Å². The number of rotatable bonds is 6. The van der Waals surface area contributed by atoms with Gasteiger partial charge in [-0.25, -0.2) is 5.10 Å². The summed E-state index contributed by atoms with van der Waals surface area (Å²) >= 11 is 5.32. The van der Waals surface area contributed by atoms with E-state index >= 15 is 0 Å². The molecule has 0 radical (unpaired) electrons. The van der Waals surface area contributed by atoms with E-state index in [0.29, 0.717) is 10.6 Å². The van der Waals surface area contributed by atoms with Gasteiger partial charge in [0.15, 0.2) is 5.82 Å². The quantitative estimate of drug-likeness (QED) is 0.521. The van der Waals surface area contributed by atoms with Crippen molar-refractivity contribution in [1.82, 2.24) is 14.9 Å². The Balaban J connectivity index is 1.97. The number of hydrogen-bond donors (Lipinski definition) is 1. The first-order chi connectivity index (χ1) is 12.6. The molecule has 0 aliphatic carbocycles. The van der Waals surface area contributed by atoms with Gasteiger partial charge in [-0.3, -0.25) is 0 Å². The second kappa shape index (κ2) is 7.97. The standard InChI is InChI=1S/C19H20N4O2S/c1-13(2)25-16-9-6-8-14(11-16)18-21-22-19(26)23(18)20-12-15-7-4-5-10-17(15)24-3/h4-13H,1-3H3,(H,22,26)/b20-12-. The van der Waals surface area contributed by atoms with Gasteiger partial charge in [-0.2, -0.15) is 14.9 Å². The number of ether oxygens (including phenoxy) is 2. The lowest BCUT2D eigenvalue weighted by atomic mass is 10.2. The maximum atomic E-state index is 5.75. The number of aromatic nitrogens is 3. The third-order valence-electron chi connectivity index (χ3n) is 3.57. The van der Waals surface area contributed by atoms with E-state index in [1.165, 1.54) is 0 Å². The Labute approximate surface area is 157 Å². The molecule has 0 fully saturated rings. The van der Waals surface area contributed by atoms with Crippen LogP contribution in [0, 0.1) is 4.77 Å². The maximum absolute atomic E-state index is 5.75. The molecule has 0 bridgehead atoms. The molecule has 1 N–H and O–H groups in total. The van der Waals surface area contributed by atoms with Gasteiger partial charge >= 0.3 is 0 Å². The van der Waals surface area contributed by atoms with Crippen LogP contribution < -0.4 is 9.47 Å². The van der Waals surface area contributed by atoms with Crippen LogP contribution in [-0.4, -0.2) is 34.3 Å². The Morgan fingerprint density at radius 2 is 2.00 bits per heavy atom. The molecule has 0 aliphatic rings. The van der Waals surface area contributed by atoms with Crippen molar-refractivity contribution in [2.75, 3.05) is 7.11 Å².